The highest BCUT2D eigenvalue weighted by atomic mass is 16.1. The molecule has 2 aliphatic heterocycles. The predicted octanol–water partition coefficient (Wildman–Crippen LogP) is 5.46. The average molecular weight is 551 g/mol. The lowest BCUT2D eigenvalue weighted by Gasteiger charge is -2.29. The number of rotatable bonds is 10. The Morgan fingerprint density at radius 2 is 1.85 bits per heavy atom. The Balaban J connectivity index is 1.25. The first-order chi connectivity index (χ1) is 20.0. The van der Waals surface area contributed by atoms with Crippen molar-refractivity contribution in [1.29, 1.82) is 0 Å². The van der Waals surface area contributed by atoms with Crippen molar-refractivity contribution in [1.82, 2.24) is 15.5 Å². The first kappa shape index (κ1) is 28.9. The van der Waals surface area contributed by atoms with Crippen molar-refractivity contribution in [2.45, 2.75) is 58.0 Å². The van der Waals surface area contributed by atoms with E-state index in [2.05, 4.69) is 76.0 Å². The van der Waals surface area contributed by atoms with Crippen LogP contribution in [0.15, 0.2) is 54.6 Å². The number of anilines is 1. The molecule has 3 N–H and O–H groups in total. The first-order valence-corrected chi connectivity index (χ1v) is 15.1. The summed E-state index contributed by atoms with van der Waals surface area (Å²) >= 11 is 0. The van der Waals surface area contributed by atoms with Gasteiger partial charge in [-0.25, -0.2) is 0 Å². The molecule has 2 fully saturated rings. The molecule has 5 rings (SSSR count). The van der Waals surface area contributed by atoms with Crippen LogP contribution in [0.2, 0.25) is 0 Å². The third-order valence-electron chi connectivity index (χ3n) is 8.45. The summed E-state index contributed by atoms with van der Waals surface area (Å²) < 4.78 is 0. The maximum atomic E-state index is 13.4. The molecule has 3 aromatic carbocycles. The molecule has 0 aromatic heterocycles. The quantitative estimate of drug-likeness (QED) is 0.178. The van der Waals surface area contributed by atoms with Crippen molar-refractivity contribution in [3.8, 4) is 11.8 Å². The number of aryl methyl sites for hydroxylation is 1. The van der Waals surface area contributed by atoms with E-state index < -0.39 is 0 Å². The van der Waals surface area contributed by atoms with Crippen LogP contribution in [0.5, 0.6) is 0 Å². The minimum Gasteiger partial charge on any atom is -0.380 e. The van der Waals surface area contributed by atoms with Gasteiger partial charge >= 0.3 is 0 Å². The van der Waals surface area contributed by atoms with Crippen LogP contribution in [0.1, 0.15) is 72.1 Å². The second-order valence-electron chi connectivity index (χ2n) is 11.5. The Bertz CT molecular complexity index is 1430. The molecule has 2 aliphatic rings. The van der Waals surface area contributed by atoms with Crippen molar-refractivity contribution >= 4 is 28.7 Å². The van der Waals surface area contributed by atoms with Gasteiger partial charge in [0.1, 0.15) is 6.29 Å². The van der Waals surface area contributed by atoms with Gasteiger partial charge in [0.05, 0.1) is 12.1 Å². The number of unbranched alkanes of at least 4 members (excludes halogenated alkanes) is 2. The van der Waals surface area contributed by atoms with Crippen molar-refractivity contribution in [2.75, 3.05) is 38.0 Å². The van der Waals surface area contributed by atoms with Crippen LogP contribution >= 0.6 is 0 Å². The van der Waals surface area contributed by atoms with E-state index in [0.29, 0.717) is 23.9 Å². The molecular formula is C35H42N4O2. The first-order valence-electron chi connectivity index (χ1n) is 15.1. The number of carbonyl (C=O) groups is 2. The van der Waals surface area contributed by atoms with Crippen molar-refractivity contribution < 1.29 is 9.59 Å². The number of amides is 1. The molecule has 6 nitrogen and oxygen atoms in total. The number of nitrogens with one attached hydrogen (secondary N) is 3. The van der Waals surface area contributed by atoms with Gasteiger partial charge in [0, 0.05) is 42.2 Å². The number of fused-ring (bicyclic) bond motifs is 1. The molecule has 3 aromatic rings. The normalized spacial score (nSPS) is 16.8. The fraction of sp³-hybridized carbons (Fsp3) is 0.429. The van der Waals surface area contributed by atoms with Gasteiger partial charge in [-0.1, -0.05) is 48.2 Å². The van der Waals surface area contributed by atoms with Gasteiger partial charge in [0.15, 0.2) is 0 Å². The van der Waals surface area contributed by atoms with E-state index in [1.807, 2.05) is 25.1 Å². The van der Waals surface area contributed by atoms with Gasteiger partial charge in [-0.3, -0.25) is 4.79 Å². The Hall–Kier alpha value is -3.66. The Labute approximate surface area is 244 Å². The molecule has 214 valence electrons. The third kappa shape index (κ3) is 7.35. The number of hydrogen-bond acceptors (Lipinski definition) is 5. The lowest BCUT2D eigenvalue weighted by molar-refractivity contribution is -0.107. The van der Waals surface area contributed by atoms with E-state index in [4.69, 9.17) is 0 Å². The average Bonchev–Trinajstić information content (AvgIpc) is 2.97. The largest absolute Gasteiger partial charge is 0.380 e. The molecular weight excluding hydrogens is 508 g/mol. The third-order valence-corrected chi connectivity index (χ3v) is 8.45. The molecule has 6 heteroatoms. The number of nitrogens with zero attached hydrogens (tertiary/aromatic N) is 1. The molecule has 2 saturated heterocycles. The standard InChI is InChI=1S/C35H42N4O2/c1-25-10-14-29(38-30-23-36-24-30)22-34(25)35(41)37-26(2)31-15-13-28(32-8-4-5-9-33(31)32)12-11-27-16-19-39(20-17-27)18-6-3-7-21-40/h4-5,8-10,13-15,21-22,26-27,30,36,38H,3,6-7,16-20,23-24H2,1-2H3,(H,37,41). The maximum absolute atomic E-state index is 13.4. The van der Waals surface area contributed by atoms with Crippen LogP contribution in [0.3, 0.4) is 0 Å². The van der Waals surface area contributed by atoms with Gasteiger partial charge in [-0.15, -0.1) is 0 Å². The Morgan fingerprint density at radius 1 is 1.07 bits per heavy atom. The number of benzene rings is 3. The van der Waals surface area contributed by atoms with Crippen molar-refractivity contribution in [3.05, 3.63) is 76.9 Å². The van der Waals surface area contributed by atoms with E-state index in [1.165, 1.54) is 0 Å². The summed E-state index contributed by atoms with van der Waals surface area (Å²) in [5.41, 5.74) is 4.78. The van der Waals surface area contributed by atoms with Crippen LogP contribution < -0.4 is 16.0 Å². The van der Waals surface area contributed by atoms with Crippen LogP contribution in [0, 0.1) is 24.7 Å². The van der Waals surface area contributed by atoms with E-state index >= 15 is 0 Å². The van der Waals surface area contributed by atoms with Gasteiger partial charge in [0.2, 0.25) is 0 Å². The fourth-order valence-electron chi connectivity index (χ4n) is 5.79. The SMILES string of the molecule is Cc1ccc(NC2CNC2)cc1C(=O)NC(C)c1ccc(C#CC2CCN(CCCCC=O)CC2)c2ccccc12. The van der Waals surface area contributed by atoms with E-state index in [-0.39, 0.29) is 11.9 Å². The topological polar surface area (TPSA) is 73.5 Å². The zero-order valence-corrected chi connectivity index (χ0v) is 24.3. The summed E-state index contributed by atoms with van der Waals surface area (Å²) in [5, 5.41) is 12.3. The van der Waals surface area contributed by atoms with E-state index in [9.17, 15) is 9.59 Å². The second kappa shape index (κ2) is 13.8. The molecule has 2 heterocycles. The monoisotopic (exact) mass is 550 g/mol. The van der Waals surface area contributed by atoms with Crippen molar-refractivity contribution in [2.24, 2.45) is 5.92 Å². The Kier molecular flexibility index (Phi) is 9.71. The maximum Gasteiger partial charge on any atom is 0.252 e. The molecule has 0 aliphatic carbocycles. The highest BCUT2D eigenvalue weighted by Crippen LogP contribution is 2.28. The summed E-state index contributed by atoms with van der Waals surface area (Å²) in [6.45, 7) is 9.16. The van der Waals surface area contributed by atoms with Crippen molar-refractivity contribution in [3.63, 3.8) is 0 Å². The Morgan fingerprint density at radius 3 is 2.59 bits per heavy atom. The molecule has 1 unspecified atom stereocenters. The highest BCUT2D eigenvalue weighted by Gasteiger charge is 2.20. The number of aldehydes is 1. The van der Waals surface area contributed by atoms with Gasteiger partial charge < -0.3 is 25.6 Å². The van der Waals surface area contributed by atoms with Gasteiger partial charge in [0.25, 0.3) is 5.91 Å². The predicted molar refractivity (Wildman–Crippen MR) is 167 cm³/mol. The number of piperidine rings is 1. The number of carbonyl (C=O) groups excluding carboxylic acids is 2. The van der Waals surface area contributed by atoms with Crippen LogP contribution in [0.25, 0.3) is 10.8 Å². The number of hydrogen-bond donors (Lipinski definition) is 3. The molecule has 1 atom stereocenters. The molecule has 0 radical (unpaired) electrons. The summed E-state index contributed by atoms with van der Waals surface area (Å²) in [7, 11) is 0. The van der Waals surface area contributed by atoms with Gasteiger partial charge in [-0.2, -0.15) is 0 Å². The lowest BCUT2D eigenvalue weighted by Crippen LogP contribution is -2.51. The fourth-order valence-corrected chi connectivity index (χ4v) is 5.79. The molecule has 0 bridgehead atoms. The zero-order chi connectivity index (χ0) is 28.6. The molecule has 1 amide bonds. The number of likely N-dealkylation sites (tertiary alicyclic amines) is 1. The van der Waals surface area contributed by atoms with E-state index in [1.54, 1.807) is 0 Å². The van der Waals surface area contributed by atoms with Crippen LogP contribution in [-0.4, -0.2) is 55.9 Å². The highest BCUT2D eigenvalue weighted by molar-refractivity contribution is 5.97. The summed E-state index contributed by atoms with van der Waals surface area (Å²) in [6, 6.07) is 18.9. The van der Waals surface area contributed by atoms with Gasteiger partial charge in [-0.05, 0) is 99.3 Å². The summed E-state index contributed by atoms with van der Waals surface area (Å²) in [6.07, 6.45) is 5.94. The molecule has 0 spiro atoms. The van der Waals surface area contributed by atoms with E-state index in [0.717, 1.165) is 97.8 Å². The molecule has 41 heavy (non-hydrogen) atoms. The minimum atomic E-state index is -0.155. The zero-order valence-electron chi connectivity index (χ0n) is 24.3. The molecule has 0 saturated carbocycles. The summed E-state index contributed by atoms with van der Waals surface area (Å²) in [5.74, 6) is 7.41. The summed E-state index contributed by atoms with van der Waals surface area (Å²) in [4.78, 5) is 26.4. The van der Waals surface area contributed by atoms with Crippen LogP contribution in [0.4, 0.5) is 5.69 Å². The van der Waals surface area contributed by atoms with Crippen LogP contribution in [-0.2, 0) is 4.79 Å². The smallest absolute Gasteiger partial charge is 0.252 e. The minimum absolute atomic E-state index is 0.0617. The lowest BCUT2D eigenvalue weighted by atomic mass is 9.94. The second-order valence-corrected chi connectivity index (χ2v) is 11.5.